The molecule has 1 aliphatic heterocycles. The summed E-state index contributed by atoms with van der Waals surface area (Å²) < 4.78 is 29.8. The SMILES string of the molecule is CCOC(C)(C)C(=O)Nc1ncnn2c([C@]3(C#N)O[C@H](COC(=O)Cc4ccccc4)[C@@H](OC(=O)[C@@H](NC(=O)OC(C)(C)C)C(C)(C)C)[C@H]3O)ccc12. The Morgan fingerprint density at radius 2 is 1.74 bits per heavy atom. The van der Waals surface area contributed by atoms with Gasteiger partial charge in [0.2, 0.25) is 5.60 Å². The number of nitriles is 1. The number of hydrogen-bond donors (Lipinski definition) is 3. The molecule has 1 aromatic carbocycles. The number of aliphatic hydroxyl groups excluding tert-OH is 1. The minimum Gasteiger partial charge on any atom is -0.463 e. The maximum Gasteiger partial charge on any atom is 0.408 e. The lowest BCUT2D eigenvalue weighted by molar-refractivity contribution is -0.164. The summed E-state index contributed by atoms with van der Waals surface area (Å²) in [7, 11) is 0. The summed E-state index contributed by atoms with van der Waals surface area (Å²) in [6.07, 6.45) is -4.64. The Kier molecular flexibility index (Phi) is 12.2. The number of amides is 2. The second kappa shape index (κ2) is 15.9. The molecule has 3 heterocycles. The van der Waals surface area contributed by atoms with Crippen molar-refractivity contribution in [1.82, 2.24) is 19.9 Å². The molecule has 0 spiro atoms. The summed E-state index contributed by atoms with van der Waals surface area (Å²) in [6, 6.07) is 12.6. The number of benzene rings is 1. The third kappa shape index (κ3) is 9.47. The van der Waals surface area contributed by atoms with Crippen LogP contribution >= 0.6 is 0 Å². The number of carbonyl (C=O) groups excluding carboxylic acids is 4. The van der Waals surface area contributed by atoms with E-state index in [1.54, 1.807) is 92.6 Å². The van der Waals surface area contributed by atoms with Crippen molar-refractivity contribution in [1.29, 1.82) is 5.26 Å². The molecule has 0 saturated carbocycles. The molecule has 0 radical (unpaired) electrons. The second-order valence-corrected chi connectivity index (χ2v) is 15.2. The van der Waals surface area contributed by atoms with Gasteiger partial charge in [0.05, 0.1) is 12.1 Å². The predicted octanol–water partition coefficient (Wildman–Crippen LogP) is 3.60. The average Bonchev–Trinajstić information content (AvgIpc) is 3.61. The molecule has 16 heteroatoms. The quantitative estimate of drug-likeness (QED) is 0.179. The van der Waals surface area contributed by atoms with Crippen LogP contribution in [0.5, 0.6) is 0 Å². The predicted molar refractivity (Wildman–Crippen MR) is 189 cm³/mol. The zero-order valence-electron chi connectivity index (χ0n) is 31.5. The zero-order chi connectivity index (χ0) is 39.4. The van der Waals surface area contributed by atoms with E-state index >= 15 is 0 Å². The number of alkyl carbamates (subject to hydrolysis) is 1. The van der Waals surface area contributed by atoms with Gasteiger partial charge in [0, 0.05) is 6.61 Å². The molecule has 16 nitrogen and oxygen atoms in total. The zero-order valence-corrected chi connectivity index (χ0v) is 31.5. The van der Waals surface area contributed by atoms with Crippen LogP contribution < -0.4 is 10.6 Å². The average molecular weight is 737 g/mol. The highest BCUT2D eigenvalue weighted by atomic mass is 16.6. The van der Waals surface area contributed by atoms with E-state index in [0.717, 1.165) is 6.33 Å². The van der Waals surface area contributed by atoms with Gasteiger partial charge in [0.25, 0.3) is 5.91 Å². The molecule has 3 aromatic rings. The normalized spacial score (nSPS) is 21.0. The van der Waals surface area contributed by atoms with Gasteiger partial charge in [-0.2, -0.15) is 10.4 Å². The van der Waals surface area contributed by atoms with Gasteiger partial charge in [0.15, 0.2) is 11.9 Å². The number of hydrogen-bond acceptors (Lipinski definition) is 13. The second-order valence-electron chi connectivity index (χ2n) is 15.2. The van der Waals surface area contributed by atoms with E-state index in [1.807, 2.05) is 6.07 Å². The smallest absolute Gasteiger partial charge is 0.408 e. The third-order valence-electron chi connectivity index (χ3n) is 8.33. The monoisotopic (exact) mass is 736 g/mol. The minimum absolute atomic E-state index is 0.00267. The van der Waals surface area contributed by atoms with Gasteiger partial charge < -0.3 is 39.4 Å². The van der Waals surface area contributed by atoms with Crippen LogP contribution in [-0.4, -0.2) is 92.4 Å². The molecule has 1 fully saturated rings. The fraction of sp³-hybridized carbons (Fsp3) is 0.541. The standard InChI is InChI=1S/C37H48N6O10/c1-10-50-36(8,9)32(47)42-30-23-16-17-25(43(23)40-21-39-30)37(20-38)29(45)27(24(52-37)19-49-26(44)18-22-14-12-11-13-15-22)51-31(46)28(34(2,3)4)41-33(48)53-35(5,6)7/h11-17,21,24,27-29,45H,10,18-19H2,1-9H3,(H,41,48)(H,39,40,42,47)/t24-,27-,28-,29-,37+/m1/s1. The number of anilines is 1. The molecule has 1 aliphatic rings. The van der Waals surface area contributed by atoms with Crippen LogP contribution in [0.1, 0.15) is 73.6 Å². The highest BCUT2D eigenvalue weighted by molar-refractivity contribution is 5.98. The van der Waals surface area contributed by atoms with Gasteiger partial charge in [-0.3, -0.25) is 9.59 Å². The minimum atomic E-state index is -2.25. The first-order chi connectivity index (χ1) is 24.7. The molecule has 0 aliphatic carbocycles. The van der Waals surface area contributed by atoms with E-state index < -0.39 is 77.1 Å². The van der Waals surface area contributed by atoms with Crippen molar-refractivity contribution in [3.8, 4) is 6.07 Å². The Morgan fingerprint density at radius 1 is 1.06 bits per heavy atom. The van der Waals surface area contributed by atoms with Crippen LogP contribution in [0.15, 0.2) is 48.8 Å². The van der Waals surface area contributed by atoms with E-state index in [2.05, 4.69) is 20.7 Å². The van der Waals surface area contributed by atoms with E-state index in [0.29, 0.717) is 5.56 Å². The Morgan fingerprint density at radius 3 is 2.34 bits per heavy atom. The molecule has 1 saturated heterocycles. The lowest BCUT2D eigenvalue weighted by atomic mass is 9.86. The van der Waals surface area contributed by atoms with Crippen LogP contribution in [0, 0.1) is 16.7 Å². The van der Waals surface area contributed by atoms with Gasteiger partial charge in [-0.05, 0) is 64.7 Å². The summed E-state index contributed by atoms with van der Waals surface area (Å²) >= 11 is 0. The Labute approximate surface area is 308 Å². The lowest BCUT2D eigenvalue weighted by Crippen LogP contribution is -2.53. The molecule has 3 N–H and O–H groups in total. The van der Waals surface area contributed by atoms with Crippen molar-refractivity contribution < 1.29 is 48.0 Å². The van der Waals surface area contributed by atoms with Crippen molar-refractivity contribution in [3.63, 3.8) is 0 Å². The number of rotatable bonds is 12. The molecular weight excluding hydrogens is 688 g/mol. The highest BCUT2D eigenvalue weighted by Gasteiger charge is 2.60. The fourth-order valence-electron chi connectivity index (χ4n) is 5.68. The van der Waals surface area contributed by atoms with Crippen molar-refractivity contribution >= 4 is 35.3 Å². The molecule has 2 aromatic heterocycles. The molecular formula is C37H48N6O10. The van der Waals surface area contributed by atoms with Crippen molar-refractivity contribution in [2.24, 2.45) is 5.41 Å². The van der Waals surface area contributed by atoms with Gasteiger partial charge in [-0.15, -0.1) is 0 Å². The van der Waals surface area contributed by atoms with Crippen LogP contribution in [0.25, 0.3) is 5.52 Å². The molecule has 2 amide bonds. The van der Waals surface area contributed by atoms with Gasteiger partial charge >= 0.3 is 18.0 Å². The number of aliphatic hydroxyl groups is 1. The van der Waals surface area contributed by atoms with E-state index in [9.17, 15) is 29.5 Å². The number of fused-ring (bicyclic) bond motifs is 1. The Bertz CT molecular complexity index is 1840. The topological polar surface area (TPSA) is 213 Å². The molecule has 4 rings (SSSR count). The number of aromatic nitrogens is 3. The van der Waals surface area contributed by atoms with Gasteiger partial charge in [0.1, 0.15) is 54.0 Å². The molecule has 5 atom stereocenters. The maximum atomic E-state index is 13.9. The summed E-state index contributed by atoms with van der Waals surface area (Å²) in [5.41, 5.74) is -4.28. The highest BCUT2D eigenvalue weighted by Crippen LogP contribution is 2.42. The molecule has 286 valence electrons. The molecule has 0 bridgehead atoms. The van der Waals surface area contributed by atoms with Crippen LogP contribution in [0.3, 0.4) is 0 Å². The van der Waals surface area contributed by atoms with Crippen molar-refractivity contribution in [3.05, 3.63) is 60.0 Å². The number of nitrogens with zero attached hydrogens (tertiary/aromatic N) is 4. The summed E-state index contributed by atoms with van der Waals surface area (Å²) in [5, 5.41) is 32.2. The largest absolute Gasteiger partial charge is 0.463 e. The van der Waals surface area contributed by atoms with E-state index in [1.165, 1.54) is 16.6 Å². The summed E-state index contributed by atoms with van der Waals surface area (Å²) in [4.78, 5) is 56.8. The van der Waals surface area contributed by atoms with E-state index in [4.69, 9.17) is 23.7 Å². The molecule has 53 heavy (non-hydrogen) atoms. The fourth-order valence-corrected chi connectivity index (χ4v) is 5.68. The van der Waals surface area contributed by atoms with Crippen LogP contribution in [0.2, 0.25) is 0 Å². The summed E-state index contributed by atoms with van der Waals surface area (Å²) in [5.74, 6) is -2.01. The first-order valence-electron chi connectivity index (χ1n) is 17.2. The molecule has 0 unspecified atom stereocenters. The van der Waals surface area contributed by atoms with Crippen molar-refractivity contribution in [2.75, 3.05) is 18.5 Å². The van der Waals surface area contributed by atoms with Gasteiger partial charge in [-0.1, -0.05) is 51.1 Å². The third-order valence-corrected chi connectivity index (χ3v) is 8.33. The maximum absolute atomic E-state index is 13.9. The van der Waals surface area contributed by atoms with Crippen LogP contribution in [0.4, 0.5) is 10.6 Å². The summed E-state index contributed by atoms with van der Waals surface area (Å²) in [6.45, 7) is 14.8. The Hall–Kier alpha value is -5.11. The van der Waals surface area contributed by atoms with E-state index in [-0.39, 0.29) is 30.1 Å². The van der Waals surface area contributed by atoms with Gasteiger partial charge in [-0.25, -0.2) is 19.1 Å². The number of ether oxygens (including phenoxy) is 5. The first kappa shape index (κ1) is 40.7. The Balaban J connectivity index is 1.70. The first-order valence-corrected chi connectivity index (χ1v) is 17.2. The van der Waals surface area contributed by atoms with Crippen molar-refractivity contribution in [2.45, 2.75) is 110 Å². The number of esters is 2. The lowest BCUT2D eigenvalue weighted by Gasteiger charge is -2.32. The number of nitrogens with one attached hydrogen (secondary N) is 2. The van der Waals surface area contributed by atoms with Crippen LogP contribution in [-0.2, 0) is 50.1 Å². The number of carbonyl (C=O) groups is 4.